The van der Waals surface area contributed by atoms with Crippen LogP contribution in [0.3, 0.4) is 0 Å². The summed E-state index contributed by atoms with van der Waals surface area (Å²) in [6, 6.07) is 5.58. The van der Waals surface area contributed by atoms with Gasteiger partial charge in [-0.3, -0.25) is 0 Å². The van der Waals surface area contributed by atoms with Crippen LogP contribution in [0.4, 0.5) is 0 Å². The standard InChI is InChI=1S/C14H18O3/c1-3-12-11(8-6-10-15)7-5-9-13(12)14(16)17-4-2/h5,7,9-10H,3-4,6,8H2,1-2H3. The van der Waals surface area contributed by atoms with Crippen LogP contribution >= 0.6 is 0 Å². The van der Waals surface area contributed by atoms with E-state index in [1.165, 1.54) is 0 Å². The molecule has 0 radical (unpaired) electrons. The number of aldehydes is 1. The van der Waals surface area contributed by atoms with Crippen molar-refractivity contribution >= 4 is 12.3 Å². The topological polar surface area (TPSA) is 43.4 Å². The zero-order valence-corrected chi connectivity index (χ0v) is 10.4. The Hall–Kier alpha value is -1.64. The van der Waals surface area contributed by atoms with Crippen LogP contribution in [-0.2, 0) is 22.4 Å². The first-order chi connectivity index (χ1) is 8.24. The highest BCUT2D eigenvalue weighted by Crippen LogP contribution is 2.18. The Morgan fingerprint density at radius 3 is 2.71 bits per heavy atom. The molecule has 0 saturated carbocycles. The van der Waals surface area contributed by atoms with Gasteiger partial charge in [0.1, 0.15) is 6.29 Å². The molecule has 92 valence electrons. The van der Waals surface area contributed by atoms with Gasteiger partial charge in [0.25, 0.3) is 0 Å². The third-order valence-corrected chi connectivity index (χ3v) is 2.65. The molecule has 1 rings (SSSR count). The van der Waals surface area contributed by atoms with E-state index in [2.05, 4.69) is 0 Å². The van der Waals surface area contributed by atoms with Crippen molar-refractivity contribution in [1.82, 2.24) is 0 Å². The van der Waals surface area contributed by atoms with Crippen LogP contribution in [0.15, 0.2) is 18.2 Å². The van der Waals surface area contributed by atoms with E-state index in [1.807, 2.05) is 19.1 Å². The fourth-order valence-corrected chi connectivity index (χ4v) is 1.90. The van der Waals surface area contributed by atoms with Crippen molar-refractivity contribution in [3.8, 4) is 0 Å². The Morgan fingerprint density at radius 1 is 1.35 bits per heavy atom. The number of benzene rings is 1. The fourth-order valence-electron chi connectivity index (χ4n) is 1.90. The Morgan fingerprint density at radius 2 is 2.12 bits per heavy atom. The minimum Gasteiger partial charge on any atom is -0.462 e. The molecule has 0 bridgehead atoms. The molecule has 0 aliphatic carbocycles. The summed E-state index contributed by atoms with van der Waals surface area (Å²) in [6.07, 6.45) is 2.83. The minimum atomic E-state index is -0.280. The molecule has 0 fully saturated rings. The van der Waals surface area contributed by atoms with Crippen LogP contribution in [-0.4, -0.2) is 18.9 Å². The van der Waals surface area contributed by atoms with E-state index in [0.29, 0.717) is 25.0 Å². The molecule has 0 spiro atoms. The third-order valence-electron chi connectivity index (χ3n) is 2.65. The smallest absolute Gasteiger partial charge is 0.338 e. The Labute approximate surface area is 102 Å². The zero-order valence-electron chi connectivity index (χ0n) is 10.4. The van der Waals surface area contributed by atoms with Gasteiger partial charge in [-0.1, -0.05) is 19.1 Å². The monoisotopic (exact) mass is 234 g/mol. The van der Waals surface area contributed by atoms with Gasteiger partial charge in [0.2, 0.25) is 0 Å². The van der Waals surface area contributed by atoms with Crippen molar-refractivity contribution in [2.45, 2.75) is 33.1 Å². The van der Waals surface area contributed by atoms with Gasteiger partial charge in [-0.25, -0.2) is 4.79 Å². The summed E-state index contributed by atoms with van der Waals surface area (Å²) in [5.74, 6) is -0.280. The molecule has 0 aliphatic heterocycles. The van der Waals surface area contributed by atoms with E-state index in [-0.39, 0.29) is 5.97 Å². The molecule has 0 aromatic heterocycles. The lowest BCUT2D eigenvalue weighted by atomic mass is 9.96. The van der Waals surface area contributed by atoms with Crippen LogP contribution in [0.2, 0.25) is 0 Å². The zero-order chi connectivity index (χ0) is 12.7. The van der Waals surface area contributed by atoms with Crippen molar-refractivity contribution in [1.29, 1.82) is 0 Å². The van der Waals surface area contributed by atoms with Crippen LogP contribution in [0.5, 0.6) is 0 Å². The van der Waals surface area contributed by atoms with Crippen LogP contribution in [0.25, 0.3) is 0 Å². The highest BCUT2D eigenvalue weighted by atomic mass is 16.5. The molecule has 1 aromatic rings. The number of aryl methyl sites for hydroxylation is 1. The molecule has 0 aliphatic rings. The quantitative estimate of drug-likeness (QED) is 0.561. The van der Waals surface area contributed by atoms with Crippen LogP contribution in [0, 0.1) is 0 Å². The van der Waals surface area contributed by atoms with E-state index >= 15 is 0 Å². The molecule has 0 atom stereocenters. The summed E-state index contributed by atoms with van der Waals surface area (Å²) in [6.45, 7) is 4.17. The summed E-state index contributed by atoms with van der Waals surface area (Å²) in [7, 11) is 0. The van der Waals surface area contributed by atoms with Crippen LogP contribution in [0.1, 0.15) is 41.8 Å². The molecule has 0 saturated heterocycles. The van der Waals surface area contributed by atoms with E-state index in [4.69, 9.17) is 4.74 Å². The molecular weight excluding hydrogens is 216 g/mol. The average Bonchev–Trinajstić information content (AvgIpc) is 2.36. The second-order valence-electron chi connectivity index (χ2n) is 3.72. The second kappa shape index (κ2) is 6.84. The highest BCUT2D eigenvalue weighted by molar-refractivity contribution is 5.91. The molecule has 3 heteroatoms. The number of hydrogen-bond donors (Lipinski definition) is 0. The van der Waals surface area contributed by atoms with Gasteiger partial charge >= 0.3 is 5.97 Å². The normalized spacial score (nSPS) is 10.0. The van der Waals surface area contributed by atoms with Gasteiger partial charge < -0.3 is 9.53 Å². The summed E-state index contributed by atoms with van der Waals surface area (Å²) in [4.78, 5) is 22.2. The van der Waals surface area contributed by atoms with Gasteiger partial charge in [-0.05, 0) is 37.0 Å². The van der Waals surface area contributed by atoms with Gasteiger partial charge in [-0.2, -0.15) is 0 Å². The molecule has 0 amide bonds. The number of ether oxygens (including phenoxy) is 1. The van der Waals surface area contributed by atoms with E-state index in [0.717, 1.165) is 23.8 Å². The lowest BCUT2D eigenvalue weighted by molar-refractivity contribution is -0.107. The van der Waals surface area contributed by atoms with Gasteiger partial charge in [0, 0.05) is 6.42 Å². The van der Waals surface area contributed by atoms with Gasteiger partial charge in [0.05, 0.1) is 12.2 Å². The van der Waals surface area contributed by atoms with Crippen LogP contribution < -0.4 is 0 Å². The van der Waals surface area contributed by atoms with Crippen molar-refractivity contribution in [3.05, 3.63) is 34.9 Å². The predicted octanol–water partition coefficient (Wildman–Crippen LogP) is 2.56. The summed E-state index contributed by atoms with van der Waals surface area (Å²) in [5, 5.41) is 0. The van der Waals surface area contributed by atoms with Crippen molar-refractivity contribution in [2.75, 3.05) is 6.61 Å². The average molecular weight is 234 g/mol. The maximum Gasteiger partial charge on any atom is 0.338 e. The van der Waals surface area contributed by atoms with Crippen molar-refractivity contribution in [3.63, 3.8) is 0 Å². The number of carbonyl (C=O) groups is 2. The molecule has 0 N–H and O–H groups in total. The van der Waals surface area contributed by atoms with Crippen molar-refractivity contribution < 1.29 is 14.3 Å². The summed E-state index contributed by atoms with van der Waals surface area (Å²) < 4.78 is 5.02. The summed E-state index contributed by atoms with van der Waals surface area (Å²) in [5.41, 5.74) is 2.68. The van der Waals surface area contributed by atoms with Gasteiger partial charge in [-0.15, -0.1) is 0 Å². The largest absolute Gasteiger partial charge is 0.462 e. The fraction of sp³-hybridized carbons (Fsp3) is 0.429. The Kier molecular flexibility index (Phi) is 5.40. The SMILES string of the molecule is CCOC(=O)c1cccc(CCC=O)c1CC. The molecule has 1 aromatic carbocycles. The van der Waals surface area contributed by atoms with E-state index < -0.39 is 0 Å². The molecular formula is C14H18O3. The minimum absolute atomic E-state index is 0.280. The van der Waals surface area contributed by atoms with E-state index in [9.17, 15) is 9.59 Å². The Balaban J connectivity index is 3.04. The lowest BCUT2D eigenvalue weighted by Gasteiger charge is -2.11. The number of hydrogen-bond acceptors (Lipinski definition) is 3. The number of rotatable bonds is 6. The maximum atomic E-state index is 11.8. The third kappa shape index (κ3) is 3.41. The maximum absolute atomic E-state index is 11.8. The molecule has 0 heterocycles. The first-order valence-corrected chi connectivity index (χ1v) is 5.96. The molecule has 3 nitrogen and oxygen atoms in total. The molecule has 17 heavy (non-hydrogen) atoms. The summed E-state index contributed by atoms with van der Waals surface area (Å²) >= 11 is 0. The first-order valence-electron chi connectivity index (χ1n) is 5.96. The Bertz CT molecular complexity index is 396. The lowest BCUT2D eigenvalue weighted by Crippen LogP contribution is -2.10. The van der Waals surface area contributed by atoms with Gasteiger partial charge in [0.15, 0.2) is 0 Å². The molecule has 0 unspecified atom stereocenters. The first kappa shape index (κ1) is 13.4. The van der Waals surface area contributed by atoms with Crippen molar-refractivity contribution in [2.24, 2.45) is 0 Å². The predicted molar refractivity (Wildman–Crippen MR) is 66.2 cm³/mol. The highest BCUT2D eigenvalue weighted by Gasteiger charge is 2.13. The van der Waals surface area contributed by atoms with E-state index in [1.54, 1.807) is 13.0 Å². The number of esters is 1. The second-order valence-corrected chi connectivity index (χ2v) is 3.72. The number of carbonyl (C=O) groups excluding carboxylic acids is 2.